The highest BCUT2D eigenvalue weighted by molar-refractivity contribution is 5.97. The second-order valence-corrected chi connectivity index (χ2v) is 7.22. The number of H-pyrrole nitrogens is 1. The van der Waals surface area contributed by atoms with Crippen LogP contribution in [0.4, 0.5) is 8.78 Å². The Morgan fingerprint density at radius 2 is 1.82 bits per heavy atom. The number of hydrogen-bond acceptors (Lipinski definition) is 6. The van der Waals surface area contributed by atoms with Gasteiger partial charge in [0.25, 0.3) is 5.91 Å². The van der Waals surface area contributed by atoms with E-state index in [0.29, 0.717) is 11.1 Å². The third-order valence-corrected chi connectivity index (χ3v) is 4.69. The number of halogens is 2. The Morgan fingerprint density at radius 1 is 1.12 bits per heavy atom. The van der Waals surface area contributed by atoms with Crippen LogP contribution in [-0.2, 0) is 11.3 Å². The van der Waals surface area contributed by atoms with Gasteiger partial charge in [0, 0.05) is 19.0 Å². The van der Waals surface area contributed by atoms with Crippen molar-refractivity contribution in [1.29, 1.82) is 0 Å². The lowest BCUT2D eigenvalue weighted by Gasteiger charge is -2.24. The van der Waals surface area contributed by atoms with E-state index in [0.717, 1.165) is 18.2 Å². The molecular weight excluding hydrogens is 438 g/mol. The number of carbonyl (C=O) groups is 3. The number of carboxylic acids is 1. The van der Waals surface area contributed by atoms with E-state index in [-0.39, 0.29) is 29.3 Å². The van der Waals surface area contributed by atoms with E-state index in [9.17, 15) is 28.3 Å². The van der Waals surface area contributed by atoms with E-state index in [1.54, 1.807) is 24.3 Å². The summed E-state index contributed by atoms with van der Waals surface area (Å²) in [6.45, 7) is 0.817. The normalized spacial score (nSPS) is 11.9. The Labute approximate surface area is 186 Å². The van der Waals surface area contributed by atoms with Gasteiger partial charge in [-0.15, -0.1) is 0 Å². The standard InChI is InChI=1S/C22H20F2N4O5/c1-12(29)18-9-19(26-25-18)21(31)27-28(11-20(30)22(32)33)10-13-2-4-14(5-3-13)16-8-15(23)6-7-17(16)24/h2-9,20,30H,10-11H2,1H3,(H,25,26)(H,27,31)(H,32,33)/t20-/m0/s1. The van der Waals surface area contributed by atoms with Gasteiger partial charge in [0.05, 0.1) is 6.54 Å². The number of nitrogens with zero attached hydrogens (tertiary/aromatic N) is 2. The van der Waals surface area contributed by atoms with Crippen LogP contribution >= 0.6 is 0 Å². The molecule has 0 spiro atoms. The minimum atomic E-state index is -1.79. The lowest BCUT2D eigenvalue weighted by Crippen LogP contribution is -2.47. The summed E-state index contributed by atoms with van der Waals surface area (Å²) in [5, 5.41) is 26.1. The van der Waals surface area contributed by atoms with Crippen LogP contribution in [0.1, 0.15) is 33.5 Å². The number of aromatic nitrogens is 2. The molecule has 4 N–H and O–H groups in total. The van der Waals surface area contributed by atoms with Gasteiger partial charge < -0.3 is 10.2 Å². The third kappa shape index (κ3) is 6.05. The van der Waals surface area contributed by atoms with Crippen molar-refractivity contribution in [3.05, 3.63) is 77.1 Å². The molecule has 0 bridgehead atoms. The predicted molar refractivity (Wildman–Crippen MR) is 112 cm³/mol. The molecule has 9 nitrogen and oxygen atoms in total. The second-order valence-electron chi connectivity index (χ2n) is 7.22. The molecule has 1 heterocycles. The van der Waals surface area contributed by atoms with E-state index in [1.165, 1.54) is 18.0 Å². The molecule has 33 heavy (non-hydrogen) atoms. The number of ketones is 1. The van der Waals surface area contributed by atoms with E-state index in [4.69, 9.17) is 5.11 Å². The lowest BCUT2D eigenvalue weighted by molar-refractivity contribution is -0.148. The van der Waals surface area contributed by atoms with E-state index >= 15 is 0 Å². The Hall–Kier alpha value is -3.96. The highest BCUT2D eigenvalue weighted by Crippen LogP contribution is 2.24. The first-order valence-electron chi connectivity index (χ1n) is 9.71. The average Bonchev–Trinajstić information content (AvgIpc) is 3.27. The monoisotopic (exact) mass is 458 g/mol. The minimum absolute atomic E-state index is 0.0182. The van der Waals surface area contributed by atoms with Crippen LogP contribution in [0.5, 0.6) is 0 Å². The Bertz CT molecular complexity index is 1180. The molecule has 0 saturated carbocycles. The molecule has 0 radical (unpaired) electrons. The van der Waals surface area contributed by atoms with Crippen LogP contribution in [0.3, 0.4) is 0 Å². The molecule has 1 aromatic heterocycles. The Balaban J connectivity index is 1.77. The maximum Gasteiger partial charge on any atom is 0.333 e. The molecule has 0 aliphatic rings. The van der Waals surface area contributed by atoms with Crippen molar-refractivity contribution in [2.24, 2.45) is 0 Å². The van der Waals surface area contributed by atoms with Crippen molar-refractivity contribution in [1.82, 2.24) is 20.6 Å². The first-order valence-corrected chi connectivity index (χ1v) is 9.71. The topological polar surface area (TPSA) is 136 Å². The van der Waals surface area contributed by atoms with Crippen LogP contribution in [0.15, 0.2) is 48.5 Å². The van der Waals surface area contributed by atoms with Crippen LogP contribution < -0.4 is 5.43 Å². The number of rotatable bonds is 9. The summed E-state index contributed by atoms with van der Waals surface area (Å²) < 4.78 is 27.5. The van der Waals surface area contributed by atoms with Gasteiger partial charge in [0.15, 0.2) is 11.9 Å². The third-order valence-electron chi connectivity index (χ3n) is 4.69. The van der Waals surface area contributed by atoms with Crippen molar-refractivity contribution in [2.75, 3.05) is 6.54 Å². The Kier molecular flexibility index (Phi) is 7.26. The van der Waals surface area contributed by atoms with Gasteiger partial charge in [0.1, 0.15) is 23.0 Å². The number of hydrogen-bond donors (Lipinski definition) is 4. The number of aromatic amines is 1. The molecule has 3 rings (SSSR count). The highest BCUT2D eigenvalue weighted by Gasteiger charge is 2.22. The van der Waals surface area contributed by atoms with E-state index in [1.807, 2.05) is 0 Å². The van der Waals surface area contributed by atoms with Crippen molar-refractivity contribution < 1.29 is 33.4 Å². The molecule has 1 atom stereocenters. The SMILES string of the molecule is CC(=O)c1cc(C(=O)NN(Cc2ccc(-c3cc(F)ccc3F)cc2)C[C@H](O)C(=O)O)[nH]n1. The van der Waals surface area contributed by atoms with Gasteiger partial charge in [-0.2, -0.15) is 5.10 Å². The number of carboxylic acid groups (broad SMARTS) is 1. The van der Waals surface area contributed by atoms with Crippen molar-refractivity contribution >= 4 is 17.7 Å². The maximum atomic E-state index is 14.0. The number of benzene rings is 2. The summed E-state index contributed by atoms with van der Waals surface area (Å²) in [6.07, 6.45) is -1.79. The molecule has 0 unspecified atom stereocenters. The number of Topliss-reactive ketones (excluding diaryl/α,β-unsaturated/α-hetero) is 1. The van der Waals surface area contributed by atoms with Crippen molar-refractivity contribution in [3.63, 3.8) is 0 Å². The van der Waals surface area contributed by atoms with Gasteiger partial charge >= 0.3 is 5.97 Å². The average molecular weight is 458 g/mol. The number of aliphatic hydroxyl groups excluding tert-OH is 1. The van der Waals surface area contributed by atoms with Crippen LogP contribution in [-0.4, -0.2) is 55.7 Å². The number of aliphatic carboxylic acids is 1. The molecule has 0 aliphatic heterocycles. The lowest BCUT2D eigenvalue weighted by atomic mass is 10.0. The molecule has 172 valence electrons. The molecular formula is C22H20F2N4O5. The zero-order valence-corrected chi connectivity index (χ0v) is 17.4. The van der Waals surface area contributed by atoms with Crippen LogP contribution in [0.2, 0.25) is 0 Å². The Morgan fingerprint density at radius 3 is 2.42 bits per heavy atom. The van der Waals surface area contributed by atoms with Gasteiger partial charge in [-0.25, -0.2) is 18.6 Å². The predicted octanol–water partition coefficient (Wildman–Crippen LogP) is 2.15. The largest absolute Gasteiger partial charge is 0.479 e. The number of amides is 1. The summed E-state index contributed by atoms with van der Waals surface area (Å²) in [5.41, 5.74) is 3.56. The van der Waals surface area contributed by atoms with Gasteiger partial charge in [0.2, 0.25) is 0 Å². The molecule has 3 aromatic rings. The molecule has 0 aliphatic carbocycles. The summed E-state index contributed by atoms with van der Waals surface area (Å²) in [5.74, 6) is -3.71. The molecule has 1 amide bonds. The van der Waals surface area contributed by atoms with Crippen LogP contribution in [0.25, 0.3) is 11.1 Å². The minimum Gasteiger partial charge on any atom is -0.479 e. The molecule has 2 aromatic carbocycles. The van der Waals surface area contributed by atoms with Crippen LogP contribution in [0, 0.1) is 11.6 Å². The fourth-order valence-corrected chi connectivity index (χ4v) is 2.99. The summed E-state index contributed by atoms with van der Waals surface area (Å²) in [4.78, 5) is 34.9. The number of aliphatic hydroxyl groups is 1. The van der Waals surface area contributed by atoms with Crippen molar-refractivity contribution in [2.45, 2.75) is 19.6 Å². The summed E-state index contributed by atoms with van der Waals surface area (Å²) >= 11 is 0. The molecule has 11 heteroatoms. The second kappa shape index (κ2) is 10.1. The van der Waals surface area contributed by atoms with E-state index < -0.39 is 36.2 Å². The number of carbonyl (C=O) groups excluding carboxylic acids is 2. The maximum absolute atomic E-state index is 14.0. The summed E-state index contributed by atoms with van der Waals surface area (Å²) in [7, 11) is 0. The molecule has 0 fully saturated rings. The fourth-order valence-electron chi connectivity index (χ4n) is 2.99. The molecule has 0 saturated heterocycles. The summed E-state index contributed by atoms with van der Waals surface area (Å²) in [6, 6.07) is 10.6. The van der Waals surface area contributed by atoms with Gasteiger partial charge in [-0.1, -0.05) is 24.3 Å². The zero-order chi connectivity index (χ0) is 24.1. The fraction of sp³-hybridized carbons (Fsp3) is 0.182. The number of nitrogens with one attached hydrogen (secondary N) is 2. The van der Waals surface area contributed by atoms with E-state index in [2.05, 4.69) is 15.6 Å². The quantitative estimate of drug-likeness (QED) is 0.285. The van der Waals surface area contributed by atoms with Gasteiger partial charge in [-0.3, -0.25) is 20.1 Å². The zero-order valence-electron chi connectivity index (χ0n) is 17.4. The number of hydrazine groups is 1. The van der Waals surface area contributed by atoms with Gasteiger partial charge in [-0.05, 0) is 35.4 Å². The first kappa shape index (κ1) is 23.7. The first-order chi connectivity index (χ1) is 15.6. The smallest absolute Gasteiger partial charge is 0.333 e. The highest BCUT2D eigenvalue weighted by atomic mass is 19.1. The van der Waals surface area contributed by atoms with Crippen molar-refractivity contribution in [3.8, 4) is 11.1 Å².